The molecule has 8 heteroatoms. The summed E-state index contributed by atoms with van der Waals surface area (Å²) in [6.45, 7) is 6.04. The van der Waals surface area contributed by atoms with Crippen LogP contribution in [0.15, 0.2) is 24.4 Å². The van der Waals surface area contributed by atoms with Gasteiger partial charge < -0.3 is 19.4 Å². The first-order chi connectivity index (χ1) is 14.6. The van der Waals surface area contributed by atoms with Crippen LogP contribution in [-0.4, -0.2) is 72.7 Å². The van der Waals surface area contributed by atoms with Crippen molar-refractivity contribution < 1.29 is 14.3 Å². The Bertz CT molecular complexity index is 937. The summed E-state index contributed by atoms with van der Waals surface area (Å²) in [6, 6.07) is 5.57. The molecule has 2 fully saturated rings. The lowest BCUT2D eigenvalue weighted by Gasteiger charge is -2.37. The van der Waals surface area contributed by atoms with Crippen LogP contribution in [0.3, 0.4) is 0 Å². The second kappa shape index (κ2) is 9.08. The largest absolute Gasteiger partial charge is 0.450 e. The standard InChI is InChI=1S/C22H27ClN4O3/c1-2-30-22(29)27-12-10-25(11-13-27)20-17-14-16(23)6-7-19(17)24-15-18(20)21(28)26-8-4-3-5-9-26/h6-7,14-15H,2-5,8-13H2,1H3. The molecule has 0 unspecified atom stereocenters. The number of hydrogen-bond donors (Lipinski definition) is 0. The van der Waals surface area contributed by atoms with Crippen molar-refractivity contribution in [3.8, 4) is 0 Å². The molecule has 2 aliphatic rings. The van der Waals surface area contributed by atoms with Gasteiger partial charge in [0.15, 0.2) is 0 Å². The van der Waals surface area contributed by atoms with E-state index in [9.17, 15) is 9.59 Å². The molecule has 0 saturated carbocycles. The molecule has 2 amide bonds. The Labute approximate surface area is 181 Å². The van der Waals surface area contributed by atoms with Crippen LogP contribution in [0.25, 0.3) is 10.9 Å². The number of fused-ring (bicyclic) bond motifs is 1. The van der Waals surface area contributed by atoms with Crippen LogP contribution in [0.2, 0.25) is 5.02 Å². The van der Waals surface area contributed by atoms with E-state index in [0.717, 1.165) is 48.9 Å². The van der Waals surface area contributed by atoms with E-state index in [1.807, 2.05) is 23.1 Å². The van der Waals surface area contributed by atoms with Crippen molar-refractivity contribution in [3.05, 3.63) is 35.0 Å². The van der Waals surface area contributed by atoms with E-state index in [1.54, 1.807) is 18.0 Å². The number of carbonyl (C=O) groups is 2. The third-order valence-corrected chi connectivity index (χ3v) is 6.03. The van der Waals surface area contributed by atoms with E-state index < -0.39 is 0 Å². The Morgan fingerprint density at radius 1 is 1.03 bits per heavy atom. The van der Waals surface area contributed by atoms with Crippen molar-refractivity contribution in [1.82, 2.24) is 14.8 Å². The third-order valence-electron chi connectivity index (χ3n) is 5.80. The van der Waals surface area contributed by atoms with Crippen LogP contribution in [0.5, 0.6) is 0 Å². The lowest BCUT2D eigenvalue weighted by molar-refractivity contribution is 0.0724. The lowest BCUT2D eigenvalue weighted by atomic mass is 10.0. The minimum absolute atomic E-state index is 0.0203. The minimum Gasteiger partial charge on any atom is -0.450 e. The minimum atomic E-state index is -0.288. The van der Waals surface area contributed by atoms with Gasteiger partial charge in [-0.05, 0) is 44.4 Å². The van der Waals surface area contributed by atoms with Gasteiger partial charge >= 0.3 is 6.09 Å². The molecule has 1 aromatic carbocycles. The molecule has 30 heavy (non-hydrogen) atoms. The summed E-state index contributed by atoms with van der Waals surface area (Å²) in [5.41, 5.74) is 2.27. The number of anilines is 1. The number of benzene rings is 1. The van der Waals surface area contributed by atoms with Crippen molar-refractivity contribution in [2.75, 3.05) is 50.8 Å². The van der Waals surface area contributed by atoms with Gasteiger partial charge in [0, 0.05) is 55.9 Å². The Balaban J connectivity index is 1.68. The Hall–Kier alpha value is -2.54. The van der Waals surface area contributed by atoms with Gasteiger partial charge in [-0.3, -0.25) is 9.78 Å². The number of piperazine rings is 1. The SMILES string of the molecule is CCOC(=O)N1CCN(c2c(C(=O)N3CCCCC3)cnc3ccc(Cl)cc23)CC1. The Morgan fingerprint density at radius 2 is 1.77 bits per heavy atom. The molecule has 160 valence electrons. The van der Waals surface area contributed by atoms with Crippen molar-refractivity contribution in [1.29, 1.82) is 0 Å². The number of nitrogens with zero attached hydrogens (tertiary/aromatic N) is 4. The highest BCUT2D eigenvalue weighted by atomic mass is 35.5. The second-order valence-electron chi connectivity index (χ2n) is 7.71. The van der Waals surface area contributed by atoms with Crippen LogP contribution in [-0.2, 0) is 4.74 Å². The number of carbonyl (C=O) groups excluding carboxylic acids is 2. The topological polar surface area (TPSA) is 66.0 Å². The predicted octanol–water partition coefficient (Wildman–Crippen LogP) is 3.79. The summed E-state index contributed by atoms with van der Waals surface area (Å²) in [5.74, 6) is 0.0203. The van der Waals surface area contributed by atoms with E-state index in [4.69, 9.17) is 16.3 Å². The Kier molecular flexibility index (Phi) is 6.27. The van der Waals surface area contributed by atoms with Gasteiger partial charge in [0.1, 0.15) is 0 Å². The molecular formula is C22H27ClN4O3. The molecule has 1 aromatic heterocycles. The van der Waals surface area contributed by atoms with Crippen LogP contribution >= 0.6 is 11.6 Å². The van der Waals surface area contributed by atoms with Crippen LogP contribution in [0, 0.1) is 0 Å². The molecule has 7 nitrogen and oxygen atoms in total. The number of likely N-dealkylation sites (tertiary alicyclic amines) is 1. The van der Waals surface area contributed by atoms with Crippen LogP contribution in [0.1, 0.15) is 36.5 Å². The van der Waals surface area contributed by atoms with Crippen molar-refractivity contribution in [2.24, 2.45) is 0 Å². The number of ether oxygens (including phenoxy) is 1. The predicted molar refractivity (Wildman–Crippen MR) is 117 cm³/mol. The number of halogens is 1. The summed E-state index contributed by atoms with van der Waals surface area (Å²) >= 11 is 6.30. The smallest absolute Gasteiger partial charge is 0.409 e. The van der Waals surface area contributed by atoms with Gasteiger partial charge in [0.05, 0.1) is 23.4 Å². The average Bonchev–Trinajstić information content (AvgIpc) is 2.78. The number of rotatable bonds is 3. The maximum absolute atomic E-state index is 13.4. The van der Waals surface area contributed by atoms with E-state index in [2.05, 4.69) is 9.88 Å². The fourth-order valence-electron chi connectivity index (χ4n) is 4.24. The maximum Gasteiger partial charge on any atom is 0.409 e. The average molecular weight is 431 g/mol. The van der Waals surface area contributed by atoms with Crippen molar-refractivity contribution in [2.45, 2.75) is 26.2 Å². The van der Waals surface area contributed by atoms with Gasteiger partial charge in [-0.25, -0.2) is 4.79 Å². The lowest BCUT2D eigenvalue weighted by Crippen LogP contribution is -2.49. The highest BCUT2D eigenvalue weighted by Gasteiger charge is 2.29. The summed E-state index contributed by atoms with van der Waals surface area (Å²) in [7, 11) is 0. The molecule has 4 rings (SSSR count). The molecule has 3 heterocycles. The van der Waals surface area contributed by atoms with Gasteiger partial charge in [-0.2, -0.15) is 0 Å². The van der Waals surface area contributed by atoms with E-state index in [1.165, 1.54) is 0 Å². The third kappa shape index (κ3) is 4.17. The number of amides is 2. The molecule has 0 atom stereocenters. The molecule has 2 saturated heterocycles. The van der Waals surface area contributed by atoms with E-state index in [0.29, 0.717) is 43.4 Å². The maximum atomic E-state index is 13.4. The molecule has 0 aliphatic carbocycles. The summed E-state index contributed by atoms with van der Waals surface area (Å²) in [6.07, 6.45) is 4.64. The molecule has 2 aromatic rings. The highest BCUT2D eigenvalue weighted by molar-refractivity contribution is 6.31. The first-order valence-corrected chi connectivity index (χ1v) is 11.0. The number of hydrogen-bond acceptors (Lipinski definition) is 5. The van der Waals surface area contributed by atoms with E-state index in [-0.39, 0.29) is 12.0 Å². The van der Waals surface area contributed by atoms with Gasteiger partial charge in [-0.15, -0.1) is 0 Å². The fraction of sp³-hybridized carbons (Fsp3) is 0.500. The van der Waals surface area contributed by atoms with Gasteiger partial charge in [0.25, 0.3) is 5.91 Å². The quantitative estimate of drug-likeness (QED) is 0.741. The van der Waals surface area contributed by atoms with Crippen molar-refractivity contribution >= 4 is 40.2 Å². The monoisotopic (exact) mass is 430 g/mol. The fourth-order valence-corrected chi connectivity index (χ4v) is 4.41. The molecule has 0 spiro atoms. The molecule has 0 radical (unpaired) electrons. The number of pyridine rings is 1. The van der Waals surface area contributed by atoms with Crippen molar-refractivity contribution in [3.63, 3.8) is 0 Å². The zero-order valence-electron chi connectivity index (χ0n) is 17.3. The summed E-state index contributed by atoms with van der Waals surface area (Å²) < 4.78 is 5.13. The summed E-state index contributed by atoms with van der Waals surface area (Å²) in [5, 5.41) is 1.48. The summed E-state index contributed by atoms with van der Waals surface area (Å²) in [4.78, 5) is 35.8. The molecular weight excluding hydrogens is 404 g/mol. The zero-order valence-corrected chi connectivity index (χ0v) is 18.0. The van der Waals surface area contributed by atoms with E-state index >= 15 is 0 Å². The first-order valence-electron chi connectivity index (χ1n) is 10.6. The number of aromatic nitrogens is 1. The highest BCUT2D eigenvalue weighted by Crippen LogP contribution is 2.33. The van der Waals surface area contributed by atoms with Crippen LogP contribution < -0.4 is 4.90 Å². The Morgan fingerprint density at radius 3 is 2.47 bits per heavy atom. The molecule has 0 bridgehead atoms. The van der Waals surface area contributed by atoms with Gasteiger partial charge in [0.2, 0.25) is 0 Å². The molecule has 2 aliphatic heterocycles. The zero-order chi connectivity index (χ0) is 21.1. The number of piperidine rings is 1. The first kappa shape index (κ1) is 20.7. The van der Waals surface area contributed by atoms with Crippen LogP contribution in [0.4, 0.5) is 10.5 Å². The molecule has 0 N–H and O–H groups in total. The second-order valence-corrected chi connectivity index (χ2v) is 8.14. The van der Waals surface area contributed by atoms with Gasteiger partial charge in [-0.1, -0.05) is 11.6 Å². The normalized spacial score (nSPS) is 17.3.